The van der Waals surface area contributed by atoms with Gasteiger partial charge in [0, 0.05) is 21.8 Å². The molecule has 39 heavy (non-hydrogen) atoms. The molecule has 0 aromatic carbocycles. The standard InChI is InChI=1S/C22H27N5O9S3/c1-22(2,3)20(31)36-9-35-19(30)15-12(37-5-10-4-33-8-34-10)7-38-18-14(17(29)27(15)18)25-16(28)13(26-32)11-6-39-21(23)24-11/h6,10,14,18,32H,4-5,7-9H2,1-3H3,(H2,23,24)(H,25,28)/b26-13-/t10?,14?,18-/m1/s1. The van der Waals surface area contributed by atoms with Crippen molar-refractivity contribution < 1.29 is 43.3 Å². The minimum atomic E-state index is -1.00. The van der Waals surface area contributed by atoms with Gasteiger partial charge < -0.3 is 35.2 Å². The monoisotopic (exact) mass is 601 g/mol. The number of ether oxygens (including phenoxy) is 4. The second-order valence-corrected chi connectivity index (χ2v) is 12.6. The lowest BCUT2D eigenvalue weighted by Gasteiger charge is -2.49. The summed E-state index contributed by atoms with van der Waals surface area (Å²) in [7, 11) is 0. The van der Waals surface area contributed by atoms with E-state index in [0.717, 1.165) is 11.3 Å². The molecular formula is C22H27N5O9S3. The van der Waals surface area contributed by atoms with Crippen LogP contribution in [0.2, 0.25) is 0 Å². The largest absolute Gasteiger partial charge is 0.427 e. The van der Waals surface area contributed by atoms with Gasteiger partial charge in [-0.2, -0.15) is 0 Å². The molecule has 4 N–H and O–H groups in total. The number of anilines is 1. The van der Waals surface area contributed by atoms with Crippen LogP contribution in [0.5, 0.6) is 0 Å². The highest BCUT2D eigenvalue weighted by Gasteiger charge is 2.55. The molecule has 2 fully saturated rings. The van der Waals surface area contributed by atoms with E-state index in [4.69, 9.17) is 24.7 Å². The van der Waals surface area contributed by atoms with Crippen LogP contribution in [0.15, 0.2) is 21.1 Å². The number of rotatable bonds is 9. The molecule has 0 saturated carbocycles. The number of thioether (sulfide) groups is 2. The highest BCUT2D eigenvalue weighted by molar-refractivity contribution is 8.06. The van der Waals surface area contributed by atoms with Crippen molar-refractivity contribution in [2.75, 3.05) is 37.4 Å². The first kappa shape index (κ1) is 29.1. The van der Waals surface area contributed by atoms with E-state index >= 15 is 0 Å². The van der Waals surface area contributed by atoms with Crippen LogP contribution in [0.1, 0.15) is 26.5 Å². The zero-order valence-corrected chi connectivity index (χ0v) is 23.7. The molecular weight excluding hydrogens is 574 g/mol. The molecule has 1 aromatic rings. The van der Waals surface area contributed by atoms with Crippen LogP contribution >= 0.6 is 34.9 Å². The Labute approximate surface area is 235 Å². The average Bonchev–Trinajstić information content (AvgIpc) is 3.57. The van der Waals surface area contributed by atoms with E-state index in [1.54, 1.807) is 20.8 Å². The highest BCUT2D eigenvalue weighted by Crippen LogP contribution is 2.44. The Kier molecular flexibility index (Phi) is 9.05. The number of aromatic nitrogens is 1. The molecule has 17 heteroatoms. The molecule has 1 aromatic heterocycles. The van der Waals surface area contributed by atoms with Crippen molar-refractivity contribution >= 4 is 69.5 Å². The van der Waals surface area contributed by atoms with Crippen molar-refractivity contribution in [2.24, 2.45) is 10.6 Å². The topological polar surface area (TPSA) is 192 Å². The van der Waals surface area contributed by atoms with Crippen LogP contribution in [0.25, 0.3) is 0 Å². The van der Waals surface area contributed by atoms with Crippen LogP contribution in [-0.2, 0) is 38.1 Å². The van der Waals surface area contributed by atoms with Gasteiger partial charge >= 0.3 is 11.9 Å². The average molecular weight is 602 g/mol. The van der Waals surface area contributed by atoms with Crippen molar-refractivity contribution in [3.05, 3.63) is 21.7 Å². The molecule has 0 radical (unpaired) electrons. The minimum Gasteiger partial charge on any atom is -0.427 e. The van der Waals surface area contributed by atoms with Gasteiger partial charge in [-0.15, -0.1) is 34.9 Å². The number of nitrogen functional groups attached to an aromatic ring is 1. The number of hydrogen-bond acceptors (Lipinski definition) is 15. The number of oxime groups is 1. The van der Waals surface area contributed by atoms with Gasteiger partial charge in [-0.25, -0.2) is 9.78 Å². The lowest BCUT2D eigenvalue weighted by atomic mass is 9.98. The molecule has 0 aliphatic carbocycles. The third kappa shape index (κ3) is 6.49. The Bertz CT molecular complexity index is 1210. The Morgan fingerprint density at radius 1 is 1.36 bits per heavy atom. The first-order valence-electron chi connectivity index (χ1n) is 11.6. The lowest BCUT2D eigenvalue weighted by molar-refractivity contribution is -0.173. The number of fused-ring (bicyclic) bond motifs is 1. The number of amides is 2. The van der Waals surface area contributed by atoms with Crippen LogP contribution in [0.4, 0.5) is 5.13 Å². The summed E-state index contributed by atoms with van der Waals surface area (Å²) in [5.74, 6) is -1.97. The predicted octanol–water partition coefficient (Wildman–Crippen LogP) is 0.711. The van der Waals surface area contributed by atoms with Crippen LogP contribution in [0, 0.1) is 5.41 Å². The first-order valence-corrected chi connectivity index (χ1v) is 14.5. The Hall–Kier alpha value is -2.86. The molecule has 3 atom stereocenters. The van der Waals surface area contributed by atoms with Gasteiger partial charge in [-0.05, 0) is 20.8 Å². The molecule has 2 saturated heterocycles. The van der Waals surface area contributed by atoms with E-state index < -0.39 is 53.1 Å². The molecule has 0 spiro atoms. The number of β-lactam (4-membered cyclic amide) rings is 1. The lowest BCUT2D eigenvalue weighted by Crippen LogP contribution is -2.71. The SMILES string of the molecule is CC(C)(C)C(=O)OCOC(=O)C1=C(SCC2COCO2)CS[C@@H]2C(NC(=O)/C(=N\O)c3csc(N)n3)C(=O)N12. The second-order valence-electron chi connectivity index (χ2n) is 9.47. The van der Waals surface area contributed by atoms with Gasteiger partial charge in [0.1, 0.15) is 29.6 Å². The summed E-state index contributed by atoms with van der Waals surface area (Å²) in [4.78, 5) is 56.9. The van der Waals surface area contributed by atoms with Crippen LogP contribution in [-0.4, -0.2) is 93.8 Å². The van der Waals surface area contributed by atoms with E-state index in [1.165, 1.54) is 33.8 Å². The van der Waals surface area contributed by atoms with Crippen molar-refractivity contribution in [1.29, 1.82) is 0 Å². The summed E-state index contributed by atoms with van der Waals surface area (Å²) in [6, 6.07) is -1.00. The number of hydrogen-bond donors (Lipinski definition) is 3. The molecule has 212 valence electrons. The molecule has 2 unspecified atom stereocenters. The van der Waals surface area contributed by atoms with E-state index in [9.17, 15) is 24.4 Å². The highest BCUT2D eigenvalue weighted by atomic mass is 32.2. The maximum atomic E-state index is 13.2. The zero-order valence-electron chi connectivity index (χ0n) is 21.2. The number of nitrogens with zero attached hydrogens (tertiary/aromatic N) is 3. The molecule has 3 aliphatic heterocycles. The summed E-state index contributed by atoms with van der Waals surface area (Å²) in [5.41, 5.74) is 4.47. The number of nitrogens with two attached hydrogens (primary N) is 1. The Balaban J connectivity index is 1.47. The smallest absolute Gasteiger partial charge is 0.358 e. The molecule has 3 aliphatic rings. The quantitative estimate of drug-likeness (QED) is 0.0896. The minimum absolute atomic E-state index is 0.00768. The number of carbonyl (C=O) groups is 4. The summed E-state index contributed by atoms with van der Waals surface area (Å²) in [5, 5.41) is 15.9. The van der Waals surface area contributed by atoms with Gasteiger partial charge in [0.25, 0.3) is 11.8 Å². The van der Waals surface area contributed by atoms with Crippen molar-refractivity contribution in [1.82, 2.24) is 15.2 Å². The Morgan fingerprint density at radius 3 is 2.74 bits per heavy atom. The molecule has 4 rings (SSSR count). The van der Waals surface area contributed by atoms with Gasteiger partial charge in [0.2, 0.25) is 6.79 Å². The van der Waals surface area contributed by atoms with Gasteiger partial charge in [0.05, 0.1) is 18.1 Å². The summed E-state index contributed by atoms with van der Waals surface area (Å²) < 4.78 is 20.9. The summed E-state index contributed by atoms with van der Waals surface area (Å²) >= 11 is 3.73. The maximum absolute atomic E-state index is 13.2. The van der Waals surface area contributed by atoms with Crippen molar-refractivity contribution in [3.8, 4) is 0 Å². The van der Waals surface area contributed by atoms with E-state index in [1.807, 2.05) is 0 Å². The molecule has 2 amide bonds. The normalized spacial score (nSPS) is 23.3. The Morgan fingerprint density at radius 2 is 2.13 bits per heavy atom. The van der Waals surface area contributed by atoms with E-state index in [0.29, 0.717) is 23.0 Å². The van der Waals surface area contributed by atoms with Crippen molar-refractivity contribution in [2.45, 2.75) is 38.3 Å². The second kappa shape index (κ2) is 12.1. The fourth-order valence-corrected chi connectivity index (χ4v) is 6.77. The number of carbonyl (C=O) groups excluding carboxylic acids is 4. The van der Waals surface area contributed by atoms with Gasteiger partial charge in [-0.1, -0.05) is 5.16 Å². The molecule has 14 nitrogen and oxygen atoms in total. The molecule has 4 heterocycles. The van der Waals surface area contributed by atoms with Gasteiger partial charge in [-0.3, -0.25) is 19.3 Å². The number of nitrogens with one attached hydrogen (secondary N) is 1. The number of esters is 2. The third-order valence-corrected chi connectivity index (χ3v) is 8.98. The summed E-state index contributed by atoms with van der Waals surface area (Å²) in [6.07, 6.45) is -0.176. The van der Waals surface area contributed by atoms with Gasteiger partial charge in [0.15, 0.2) is 10.8 Å². The third-order valence-electron chi connectivity index (χ3n) is 5.62. The maximum Gasteiger partial charge on any atom is 0.358 e. The van der Waals surface area contributed by atoms with E-state index in [-0.39, 0.29) is 29.4 Å². The van der Waals surface area contributed by atoms with Crippen LogP contribution < -0.4 is 11.1 Å². The van der Waals surface area contributed by atoms with Crippen molar-refractivity contribution in [3.63, 3.8) is 0 Å². The fraction of sp³-hybridized carbons (Fsp3) is 0.545. The zero-order chi connectivity index (χ0) is 28.3. The predicted molar refractivity (Wildman–Crippen MR) is 142 cm³/mol. The first-order chi connectivity index (χ1) is 18.5. The summed E-state index contributed by atoms with van der Waals surface area (Å²) in [6.45, 7) is 4.96. The molecule has 0 bridgehead atoms. The van der Waals surface area contributed by atoms with Crippen LogP contribution in [0.3, 0.4) is 0 Å². The number of thiazole rings is 1. The van der Waals surface area contributed by atoms with E-state index in [2.05, 4.69) is 15.5 Å². The fourth-order valence-electron chi connectivity index (χ4n) is 3.59.